The van der Waals surface area contributed by atoms with E-state index in [9.17, 15) is 8.42 Å². The van der Waals surface area contributed by atoms with Crippen LogP contribution >= 0.6 is 0 Å². The number of nitrogens with zero attached hydrogens (tertiary/aromatic N) is 4. The van der Waals surface area contributed by atoms with Gasteiger partial charge in [-0.3, -0.25) is 4.90 Å². The van der Waals surface area contributed by atoms with Gasteiger partial charge in [-0.2, -0.15) is 0 Å². The molecule has 7 nitrogen and oxygen atoms in total. The van der Waals surface area contributed by atoms with Crippen molar-refractivity contribution in [3.8, 4) is 0 Å². The average molecular weight is 293 g/mol. The van der Waals surface area contributed by atoms with E-state index in [-0.39, 0.29) is 5.16 Å². The summed E-state index contributed by atoms with van der Waals surface area (Å²) in [5.41, 5.74) is 2.88. The van der Waals surface area contributed by atoms with Crippen LogP contribution in [0.3, 0.4) is 0 Å². The zero-order valence-corrected chi connectivity index (χ0v) is 11.9. The number of aromatic nitrogens is 4. The molecule has 2 aromatic heterocycles. The quantitative estimate of drug-likeness (QED) is 0.811. The van der Waals surface area contributed by atoms with Gasteiger partial charge in [0.1, 0.15) is 0 Å². The Balaban J connectivity index is 1.79. The third-order valence-electron chi connectivity index (χ3n) is 3.27. The summed E-state index contributed by atoms with van der Waals surface area (Å²) in [5, 5.41) is -0.0849. The molecule has 0 spiro atoms. The van der Waals surface area contributed by atoms with E-state index in [1.165, 1.54) is 0 Å². The molecule has 20 heavy (non-hydrogen) atoms. The van der Waals surface area contributed by atoms with Crippen molar-refractivity contribution < 1.29 is 8.42 Å². The van der Waals surface area contributed by atoms with Crippen LogP contribution in [0.1, 0.15) is 17.0 Å². The zero-order valence-electron chi connectivity index (χ0n) is 11.1. The molecule has 106 valence electrons. The van der Waals surface area contributed by atoms with E-state index < -0.39 is 9.84 Å². The van der Waals surface area contributed by atoms with E-state index in [1.807, 2.05) is 0 Å². The lowest BCUT2D eigenvalue weighted by molar-refractivity contribution is 0.239. The summed E-state index contributed by atoms with van der Waals surface area (Å²) in [6, 6.07) is 0. The van der Waals surface area contributed by atoms with E-state index in [2.05, 4.69) is 24.8 Å². The van der Waals surface area contributed by atoms with Crippen molar-refractivity contribution in [2.24, 2.45) is 0 Å². The molecule has 0 amide bonds. The predicted molar refractivity (Wildman–Crippen MR) is 71.5 cm³/mol. The fourth-order valence-electron chi connectivity index (χ4n) is 2.28. The molecule has 0 unspecified atom stereocenters. The number of nitrogens with one attached hydrogen (secondary N) is 1. The standard InChI is InChI=1S/C12H15N5O2S/c1-20(18,19)12-14-4-9-6-17(3-2-11(9)16-12)7-10-5-13-8-15-10/h4-5,8H,2-3,6-7H2,1H3,(H,13,15). The predicted octanol–water partition coefficient (Wildman–Crippen LogP) is 0.161. The second-order valence-corrected chi connectivity index (χ2v) is 6.84. The normalized spacial score (nSPS) is 16.1. The van der Waals surface area contributed by atoms with Crippen LogP contribution in [0.15, 0.2) is 23.9 Å². The summed E-state index contributed by atoms with van der Waals surface area (Å²) in [6.45, 7) is 2.35. The number of aromatic amines is 1. The van der Waals surface area contributed by atoms with Gasteiger partial charge in [0, 0.05) is 56.0 Å². The molecule has 0 aromatic carbocycles. The molecule has 8 heteroatoms. The first-order valence-electron chi connectivity index (χ1n) is 6.27. The number of fused-ring (bicyclic) bond motifs is 1. The minimum atomic E-state index is -3.34. The molecule has 0 atom stereocenters. The number of hydrogen-bond donors (Lipinski definition) is 1. The van der Waals surface area contributed by atoms with Crippen LogP contribution < -0.4 is 0 Å². The highest BCUT2D eigenvalue weighted by Gasteiger charge is 2.21. The third-order valence-corrected chi connectivity index (χ3v) is 4.13. The van der Waals surface area contributed by atoms with E-state index in [1.54, 1.807) is 18.7 Å². The molecular weight excluding hydrogens is 278 g/mol. The molecule has 1 aliphatic heterocycles. The van der Waals surface area contributed by atoms with E-state index in [4.69, 9.17) is 0 Å². The topological polar surface area (TPSA) is 91.8 Å². The van der Waals surface area contributed by atoms with Gasteiger partial charge < -0.3 is 4.98 Å². The second kappa shape index (κ2) is 4.95. The summed E-state index contributed by atoms with van der Waals surface area (Å²) in [6.07, 6.45) is 6.95. The fraction of sp³-hybridized carbons (Fsp3) is 0.417. The maximum Gasteiger partial charge on any atom is 0.246 e. The lowest BCUT2D eigenvalue weighted by Crippen LogP contribution is -2.31. The van der Waals surface area contributed by atoms with Crippen molar-refractivity contribution in [2.75, 3.05) is 12.8 Å². The van der Waals surface area contributed by atoms with Gasteiger partial charge in [-0.25, -0.2) is 23.4 Å². The first-order chi connectivity index (χ1) is 9.52. The first kappa shape index (κ1) is 13.2. The largest absolute Gasteiger partial charge is 0.347 e. The highest BCUT2D eigenvalue weighted by molar-refractivity contribution is 7.90. The Labute approximate surface area is 117 Å². The van der Waals surface area contributed by atoms with Crippen molar-refractivity contribution >= 4 is 9.84 Å². The van der Waals surface area contributed by atoms with Gasteiger partial charge in [0.2, 0.25) is 15.0 Å². The summed E-state index contributed by atoms with van der Waals surface area (Å²) in [5.74, 6) is 0. The minimum absolute atomic E-state index is 0.0849. The Hall–Kier alpha value is -1.80. The summed E-state index contributed by atoms with van der Waals surface area (Å²) in [7, 11) is -3.34. The summed E-state index contributed by atoms with van der Waals surface area (Å²) < 4.78 is 22.9. The van der Waals surface area contributed by atoms with Gasteiger partial charge in [0.15, 0.2) is 0 Å². The Morgan fingerprint density at radius 2 is 2.25 bits per heavy atom. The molecule has 0 aliphatic carbocycles. The van der Waals surface area contributed by atoms with Crippen LogP contribution in [0.25, 0.3) is 0 Å². The minimum Gasteiger partial charge on any atom is -0.347 e. The van der Waals surface area contributed by atoms with Crippen molar-refractivity contribution in [3.63, 3.8) is 0 Å². The lowest BCUT2D eigenvalue weighted by Gasteiger charge is -2.27. The molecule has 0 bridgehead atoms. The van der Waals surface area contributed by atoms with E-state index in [0.29, 0.717) is 0 Å². The van der Waals surface area contributed by atoms with Crippen LogP contribution in [0, 0.1) is 0 Å². The van der Waals surface area contributed by atoms with E-state index in [0.717, 1.165) is 49.3 Å². The van der Waals surface area contributed by atoms with Gasteiger partial charge in [0.05, 0.1) is 12.0 Å². The zero-order chi connectivity index (χ0) is 14.2. The van der Waals surface area contributed by atoms with Crippen LogP contribution in [0.5, 0.6) is 0 Å². The van der Waals surface area contributed by atoms with Gasteiger partial charge in [-0.05, 0) is 0 Å². The second-order valence-electron chi connectivity index (χ2n) is 4.93. The molecule has 2 aromatic rings. The average Bonchev–Trinajstić information content (AvgIpc) is 2.90. The fourth-order valence-corrected chi connectivity index (χ4v) is 2.80. The number of rotatable bonds is 3. The van der Waals surface area contributed by atoms with Gasteiger partial charge in [0.25, 0.3) is 0 Å². The van der Waals surface area contributed by atoms with Crippen molar-refractivity contribution in [2.45, 2.75) is 24.7 Å². The molecule has 0 radical (unpaired) electrons. The summed E-state index contributed by atoms with van der Waals surface area (Å²) in [4.78, 5) is 17.4. The number of imidazole rings is 1. The highest BCUT2D eigenvalue weighted by Crippen LogP contribution is 2.18. The van der Waals surface area contributed by atoms with Gasteiger partial charge in [-0.15, -0.1) is 0 Å². The number of H-pyrrole nitrogens is 1. The molecule has 0 saturated carbocycles. The Morgan fingerprint density at radius 1 is 1.40 bits per heavy atom. The van der Waals surface area contributed by atoms with Crippen LogP contribution in [0.4, 0.5) is 0 Å². The van der Waals surface area contributed by atoms with Crippen molar-refractivity contribution in [3.05, 3.63) is 35.7 Å². The molecule has 3 rings (SSSR count). The highest BCUT2D eigenvalue weighted by atomic mass is 32.2. The number of sulfone groups is 1. The van der Waals surface area contributed by atoms with Crippen LogP contribution in [-0.4, -0.2) is 46.1 Å². The third kappa shape index (κ3) is 2.70. The smallest absolute Gasteiger partial charge is 0.246 e. The maximum atomic E-state index is 11.4. The Morgan fingerprint density at radius 3 is 2.95 bits per heavy atom. The van der Waals surface area contributed by atoms with Gasteiger partial charge in [-0.1, -0.05) is 0 Å². The van der Waals surface area contributed by atoms with E-state index >= 15 is 0 Å². The first-order valence-corrected chi connectivity index (χ1v) is 8.16. The van der Waals surface area contributed by atoms with Crippen molar-refractivity contribution in [1.29, 1.82) is 0 Å². The lowest BCUT2D eigenvalue weighted by atomic mass is 10.1. The Bertz CT molecular complexity index is 711. The van der Waals surface area contributed by atoms with Crippen LogP contribution in [0.2, 0.25) is 0 Å². The Kier molecular flexibility index (Phi) is 3.27. The summed E-state index contributed by atoms with van der Waals surface area (Å²) >= 11 is 0. The van der Waals surface area contributed by atoms with Crippen molar-refractivity contribution in [1.82, 2.24) is 24.8 Å². The van der Waals surface area contributed by atoms with Gasteiger partial charge >= 0.3 is 0 Å². The molecule has 1 N–H and O–H groups in total. The monoisotopic (exact) mass is 293 g/mol. The SMILES string of the molecule is CS(=O)(=O)c1ncc2c(n1)CCN(Cc1cnc[nH]1)C2. The maximum absolute atomic E-state index is 11.4. The molecule has 0 fully saturated rings. The molecule has 0 saturated heterocycles. The van der Waals surface area contributed by atoms with Crippen LogP contribution in [-0.2, 0) is 29.3 Å². The molecule has 3 heterocycles. The molecular formula is C12H15N5O2S. The molecule has 1 aliphatic rings. The number of hydrogen-bond acceptors (Lipinski definition) is 6.